The van der Waals surface area contributed by atoms with Gasteiger partial charge in [-0.05, 0) is 66.5 Å². The van der Waals surface area contributed by atoms with Gasteiger partial charge in [0.2, 0.25) is 17.7 Å². The summed E-state index contributed by atoms with van der Waals surface area (Å²) in [5, 5.41) is 28.4. The highest BCUT2D eigenvalue weighted by Gasteiger charge is 2.37. The fraction of sp³-hybridized carbons (Fsp3) is 0.516. The van der Waals surface area contributed by atoms with E-state index in [1.165, 1.54) is 0 Å². The average Bonchev–Trinajstić information content (AvgIpc) is 2.86. The highest BCUT2D eigenvalue weighted by atomic mass is 35.5. The smallest absolute Gasteiger partial charge is 0.426 e. The van der Waals surface area contributed by atoms with Crippen LogP contribution in [0.1, 0.15) is 65.0 Å². The molecule has 0 aromatic heterocycles. The maximum atomic E-state index is 13.3. The third-order valence-corrected chi connectivity index (χ3v) is 7.34. The van der Waals surface area contributed by atoms with Crippen molar-refractivity contribution in [2.75, 3.05) is 6.54 Å². The number of hydrogen-bond acceptors (Lipinski definition) is 5. The number of nitrogens with one attached hydrogen (secondary N) is 3. The van der Waals surface area contributed by atoms with Gasteiger partial charge in [-0.3, -0.25) is 14.4 Å². The summed E-state index contributed by atoms with van der Waals surface area (Å²) in [4.78, 5) is 38.9. The zero-order valence-electron chi connectivity index (χ0n) is 25.1. The fourth-order valence-corrected chi connectivity index (χ4v) is 4.76. The van der Waals surface area contributed by atoms with Crippen molar-refractivity contribution >= 4 is 48.0 Å². The first kappa shape index (κ1) is 35.6. The van der Waals surface area contributed by atoms with Crippen LogP contribution >= 0.6 is 23.2 Å². The van der Waals surface area contributed by atoms with Crippen molar-refractivity contribution in [1.29, 1.82) is 0 Å². The monoisotopic (exact) mass is 619 g/mol. The summed E-state index contributed by atoms with van der Waals surface area (Å²) in [7, 11) is -1.68. The minimum atomic E-state index is -1.68. The predicted molar refractivity (Wildman–Crippen MR) is 169 cm³/mol. The number of amides is 3. The molecule has 2 atom stereocenters. The van der Waals surface area contributed by atoms with Crippen molar-refractivity contribution in [3.05, 3.63) is 69.7 Å². The van der Waals surface area contributed by atoms with Gasteiger partial charge >= 0.3 is 7.12 Å². The molecule has 1 unspecified atom stereocenters. The molecular formula is C31H44BCl2N3O5. The number of benzene rings is 2. The van der Waals surface area contributed by atoms with Crippen molar-refractivity contribution < 1.29 is 24.4 Å². The second kappa shape index (κ2) is 16.9. The summed E-state index contributed by atoms with van der Waals surface area (Å²) >= 11 is 12.1. The summed E-state index contributed by atoms with van der Waals surface area (Å²) in [6.45, 7) is 9.71. The van der Waals surface area contributed by atoms with Crippen LogP contribution in [0, 0.1) is 17.3 Å². The third-order valence-electron chi connectivity index (χ3n) is 6.85. The van der Waals surface area contributed by atoms with Gasteiger partial charge < -0.3 is 26.0 Å². The normalized spacial score (nSPS) is 14.5. The first-order valence-corrected chi connectivity index (χ1v) is 15.2. The van der Waals surface area contributed by atoms with E-state index in [1.807, 2.05) is 12.1 Å². The van der Waals surface area contributed by atoms with Gasteiger partial charge in [0.05, 0.1) is 12.5 Å². The molecule has 0 radical (unpaired) electrons. The van der Waals surface area contributed by atoms with Gasteiger partial charge in [-0.2, -0.15) is 0 Å². The lowest BCUT2D eigenvalue weighted by molar-refractivity contribution is -0.134. The second-order valence-corrected chi connectivity index (χ2v) is 13.1. The van der Waals surface area contributed by atoms with E-state index >= 15 is 0 Å². The molecule has 230 valence electrons. The molecule has 42 heavy (non-hydrogen) atoms. The van der Waals surface area contributed by atoms with E-state index in [-0.39, 0.29) is 24.8 Å². The van der Waals surface area contributed by atoms with Gasteiger partial charge in [0.1, 0.15) is 6.04 Å². The fourth-order valence-electron chi connectivity index (χ4n) is 4.42. The number of halogens is 2. The lowest BCUT2D eigenvalue weighted by Crippen LogP contribution is -2.56. The van der Waals surface area contributed by atoms with Gasteiger partial charge in [0.25, 0.3) is 0 Å². The Kier molecular flexibility index (Phi) is 14.3. The number of carbonyl (C=O) groups is 3. The third kappa shape index (κ3) is 12.3. The van der Waals surface area contributed by atoms with Crippen molar-refractivity contribution in [2.45, 2.75) is 78.7 Å². The summed E-state index contributed by atoms with van der Waals surface area (Å²) in [6, 6.07) is 13.2. The second-order valence-electron chi connectivity index (χ2n) is 12.2. The minimum absolute atomic E-state index is 0.00705. The molecule has 11 heteroatoms. The van der Waals surface area contributed by atoms with E-state index in [0.29, 0.717) is 16.5 Å². The zero-order valence-corrected chi connectivity index (χ0v) is 26.6. The molecule has 1 aliphatic rings. The Morgan fingerprint density at radius 2 is 1.57 bits per heavy atom. The quantitative estimate of drug-likeness (QED) is 0.226. The van der Waals surface area contributed by atoms with Crippen LogP contribution in [0.4, 0.5) is 0 Å². The Balaban J connectivity index is 0.00000144. The van der Waals surface area contributed by atoms with Crippen LogP contribution in [0.5, 0.6) is 0 Å². The lowest BCUT2D eigenvalue weighted by atomic mass is 9.64. The van der Waals surface area contributed by atoms with E-state index in [2.05, 4.69) is 36.7 Å². The molecule has 1 fully saturated rings. The van der Waals surface area contributed by atoms with Gasteiger partial charge in [0.15, 0.2) is 0 Å². The molecule has 3 amide bonds. The molecular weight excluding hydrogens is 576 g/mol. The van der Waals surface area contributed by atoms with E-state index in [0.717, 1.165) is 36.3 Å². The van der Waals surface area contributed by atoms with Crippen molar-refractivity contribution in [3.63, 3.8) is 0 Å². The Labute approximate surface area is 260 Å². The highest BCUT2D eigenvalue weighted by molar-refractivity contribution is 6.43. The van der Waals surface area contributed by atoms with Crippen molar-refractivity contribution in [3.8, 4) is 0 Å². The maximum absolute atomic E-state index is 13.3. The van der Waals surface area contributed by atoms with Gasteiger partial charge in [-0.15, -0.1) is 0 Å². The molecule has 3 rings (SSSR count). The molecule has 0 bridgehead atoms. The van der Waals surface area contributed by atoms with Gasteiger partial charge in [0, 0.05) is 21.9 Å². The topological polar surface area (TPSA) is 128 Å². The molecule has 1 saturated carbocycles. The zero-order chi connectivity index (χ0) is 31.4. The predicted octanol–water partition coefficient (Wildman–Crippen LogP) is 4.37. The summed E-state index contributed by atoms with van der Waals surface area (Å²) in [5.74, 6) is -1.37. The van der Waals surface area contributed by atoms with Crippen molar-refractivity contribution in [2.24, 2.45) is 17.3 Å². The molecule has 0 heterocycles. The van der Waals surface area contributed by atoms with Gasteiger partial charge in [-0.25, -0.2) is 0 Å². The van der Waals surface area contributed by atoms with Crippen LogP contribution in [0.25, 0.3) is 0 Å². The van der Waals surface area contributed by atoms with Crippen LogP contribution < -0.4 is 16.0 Å². The molecule has 8 nitrogen and oxygen atoms in total. The largest absolute Gasteiger partial charge is 0.475 e. The van der Waals surface area contributed by atoms with E-state index < -0.39 is 36.3 Å². The first-order chi connectivity index (χ1) is 19.7. The SMILES string of the molecule is CC(C)(Cc1ccc(Cl)cc1)C(=O)N[C@@H](Cc1cccc(Cl)c1)C(=O)NCC(=O)NC(B(O)O)C1CCC1.CC(C)C. The Hall–Kier alpha value is -2.59. The van der Waals surface area contributed by atoms with E-state index in [9.17, 15) is 24.4 Å². The highest BCUT2D eigenvalue weighted by Crippen LogP contribution is 2.30. The summed E-state index contributed by atoms with van der Waals surface area (Å²) < 4.78 is 0. The van der Waals surface area contributed by atoms with Crippen LogP contribution in [0.2, 0.25) is 10.0 Å². The Morgan fingerprint density at radius 1 is 0.952 bits per heavy atom. The van der Waals surface area contributed by atoms with Crippen LogP contribution in [-0.2, 0) is 27.2 Å². The Bertz CT molecular complexity index is 1170. The minimum Gasteiger partial charge on any atom is -0.426 e. The first-order valence-electron chi connectivity index (χ1n) is 14.4. The van der Waals surface area contributed by atoms with Crippen LogP contribution in [0.15, 0.2) is 48.5 Å². The van der Waals surface area contributed by atoms with E-state index in [4.69, 9.17) is 23.2 Å². The molecule has 0 aliphatic heterocycles. The standard InChI is InChI=1S/C27H34BCl2N3O5.C4H10/c1-27(2,15-17-9-11-20(29)12-10-17)26(36)32-22(14-18-5-3-8-21(30)13-18)25(35)31-16-23(34)33-24(28(37)38)19-6-4-7-19;1-4(2)3/h3,5,8-13,19,22,24,37-38H,4,6-7,14-16H2,1-2H3,(H,31,35)(H,32,36)(H,33,34);4H,1-3H3/t22-,24?;/m0./s1. The molecule has 0 saturated heterocycles. The van der Waals surface area contributed by atoms with Crippen LogP contribution in [0.3, 0.4) is 0 Å². The average molecular weight is 620 g/mol. The number of carbonyl (C=O) groups excluding carboxylic acids is 3. The maximum Gasteiger partial charge on any atom is 0.475 e. The molecule has 5 N–H and O–H groups in total. The summed E-state index contributed by atoms with van der Waals surface area (Å²) in [5.41, 5.74) is 0.825. The Morgan fingerprint density at radius 3 is 2.10 bits per heavy atom. The lowest BCUT2D eigenvalue weighted by Gasteiger charge is -2.33. The summed E-state index contributed by atoms with van der Waals surface area (Å²) in [6.07, 6.45) is 3.16. The number of rotatable bonds is 12. The van der Waals surface area contributed by atoms with Crippen molar-refractivity contribution in [1.82, 2.24) is 16.0 Å². The molecule has 2 aromatic rings. The van der Waals surface area contributed by atoms with Crippen LogP contribution in [-0.4, -0.2) is 53.4 Å². The molecule has 2 aromatic carbocycles. The number of hydrogen-bond donors (Lipinski definition) is 5. The molecule has 1 aliphatic carbocycles. The molecule has 0 spiro atoms. The van der Waals surface area contributed by atoms with Gasteiger partial charge in [-0.1, -0.05) is 88.5 Å². The van der Waals surface area contributed by atoms with E-state index in [1.54, 1.807) is 50.2 Å².